The van der Waals surface area contributed by atoms with Crippen molar-refractivity contribution in [3.8, 4) is 0 Å². The quantitative estimate of drug-likeness (QED) is 0.876. The Kier molecular flexibility index (Phi) is 5.34. The van der Waals surface area contributed by atoms with Crippen molar-refractivity contribution in [2.75, 3.05) is 19.7 Å². The number of hydrogen-bond donors (Lipinski definition) is 1. The molecule has 0 radical (unpaired) electrons. The van der Waals surface area contributed by atoms with Gasteiger partial charge in [-0.3, -0.25) is 9.69 Å². The average Bonchev–Trinajstić information content (AvgIpc) is 3.39. The molecule has 0 spiro atoms. The molecule has 2 aliphatic rings. The molecule has 1 amide bonds. The topological polar surface area (TPSA) is 43.8 Å². The summed E-state index contributed by atoms with van der Waals surface area (Å²) in [7, 11) is 0. The van der Waals surface area contributed by atoms with Crippen molar-refractivity contribution in [3.63, 3.8) is 0 Å². The number of carbonyl (C=O) groups excluding carboxylic acids is 1. The van der Waals surface area contributed by atoms with Crippen molar-refractivity contribution in [1.29, 1.82) is 0 Å². The molecule has 1 aromatic rings. The minimum Gasteiger partial charge on any atom is -0.395 e. The van der Waals surface area contributed by atoms with Crippen LogP contribution in [0.1, 0.15) is 43.2 Å². The molecule has 2 fully saturated rings. The first-order valence-electron chi connectivity index (χ1n) is 8.87. The van der Waals surface area contributed by atoms with Crippen molar-refractivity contribution in [1.82, 2.24) is 9.80 Å². The molecule has 1 N–H and O–H groups in total. The first-order valence-corrected chi connectivity index (χ1v) is 8.87. The zero-order valence-corrected chi connectivity index (χ0v) is 14.1. The molecule has 1 aliphatic heterocycles. The molecule has 1 heterocycles. The fourth-order valence-corrected chi connectivity index (χ4v) is 3.44. The maximum Gasteiger partial charge on any atom is 0.237 e. The van der Waals surface area contributed by atoms with Gasteiger partial charge in [0.05, 0.1) is 13.2 Å². The highest BCUT2D eigenvalue weighted by atomic mass is 16.3. The van der Waals surface area contributed by atoms with Crippen LogP contribution < -0.4 is 0 Å². The van der Waals surface area contributed by atoms with Crippen molar-refractivity contribution in [2.24, 2.45) is 0 Å². The predicted octanol–water partition coefficient (Wildman–Crippen LogP) is 2.33. The summed E-state index contributed by atoms with van der Waals surface area (Å²) in [5.74, 6) is 0.216. The Morgan fingerprint density at radius 2 is 1.96 bits per heavy atom. The molecular formula is C19H28N2O2. The van der Waals surface area contributed by atoms with Crippen molar-refractivity contribution in [2.45, 2.75) is 57.7 Å². The second-order valence-corrected chi connectivity index (χ2v) is 7.04. The summed E-state index contributed by atoms with van der Waals surface area (Å²) >= 11 is 0. The smallest absolute Gasteiger partial charge is 0.237 e. The number of hydrogen-bond acceptors (Lipinski definition) is 3. The number of aliphatic hydroxyl groups excluding tert-OH is 1. The second kappa shape index (κ2) is 7.45. The van der Waals surface area contributed by atoms with E-state index in [9.17, 15) is 9.90 Å². The molecule has 4 heteroatoms. The standard InChI is InChI=1S/C19H28N2O2/c1-15-5-7-16(8-6-15)12-21(17-9-10-17)19(23)13-20-11-3-2-4-18(20)14-22/h5-8,17-18,22H,2-4,9-14H2,1H3. The highest BCUT2D eigenvalue weighted by Gasteiger charge is 2.34. The number of benzene rings is 1. The van der Waals surface area contributed by atoms with E-state index >= 15 is 0 Å². The summed E-state index contributed by atoms with van der Waals surface area (Å²) in [5, 5.41) is 9.53. The molecule has 1 aromatic carbocycles. The van der Waals surface area contributed by atoms with E-state index in [1.54, 1.807) is 0 Å². The molecule has 3 rings (SSSR count). The molecule has 1 unspecified atom stereocenters. The van der Waals surface area contributed by atoms with Crippen molar-refractivity contribution < 1.29 is 9.90 Å². The van der Waals surface area contributed by atoms with Gasteiger partial charge in [0.15, 0.2) is 0 Å². The fourth-order valence-electron chi connectivity index (χ4n) is 3.44. The normalized spacial score (nSPS) is 22.1. The zero-order valence-electron chi connectivity index (χ0n) is 14.1. The summed E-state index contributed by atoms with van der Waals surface area (Å²) in [4.78, 5) is 17.1. The number of carbonyl (C=O) groups is 1. The molecule has 126 valence electrons. The van der Waals surface area contributed by atoms with Gasteiger partial charge in [-0.1, -0.05) is 36.2 Å². The Morgan fingerprint density at radius 3 is 2.61 bits per heavy atom. The number of piperidine rings is 1. The Balaban J connectivity index is 1.63. The van der Waals surface area contributed by atoms with Gasteiger partial charge in [0.2, 0.25) is 5.91 Å². The van der Waals surface area contributed by atoms with Crippen LogP contribution in [0.4, 0.5) is 0 Å². The van der Waals surface area contributed by atoms with Crippen LogP contribution in [0.3, 0.4) is 0 Å². The summed E-state index contributed by atoms with van der Waals surface area (Å²) in [6.45, 7) is 4.34. The Hall–Kier alpha value is -1.39. The maximum absolute atomic E-state index is 12.8. The third-order valence-corrected chi connectivity index (χ3v) is 5.08. The fraction of sp³-hybridized carbons (Fsp3) is 0.632. The first-order chi connectivity index (χ1) is 11.2. The zero-order chi connectivity index (χ0) is 16.2. The van der Waals surface area contributed by atoms with Gasteiger partial charge in [-0.25, -0.2) is 0 Å². The molecule has 1 aliphatic carbocycles. The van der Waals surface area contributed by atoms with Crippen LogP contribution in [0.5, 0.6) is 0 Å². The monoisotopic (exact) mass is 316 g/mol. The summed E-state index contributed by atoms with van der Waals surface area (Å²) < 4.78 is 0. The molecule has 4 nitrogen and oxygen atoms in total. The number of rotatable bonds is 6. The van der Waals surface area contributed by atoms with Gasteiger partial charge < -0.3 is 10.0 Å². The summed E-state index contributed by atoms with van der Waals surface area (Å²) in [6.07, 6.45) is 5.55. The van der Waals surface area contributed by atoms with E-state index in [2.05, 4.69) is 36.1 Å². The molecule has 1 saturated heterocycles. The van der Waals surface area contributed by atoms with Crippen LogP contribution >= 0.6 is 0 Å². The first kappa shape index (κ1) is 16.5. The lowest BCUT2D eigenvalue weighted by molar-refractivity contribution is -0.134. The van der Waals surface area contributed by atoms with Crippen LogP contribution in [-0.2, 0) is 11.3 Å². The number of aryl methyl sites for hydroxylation is 1. The number of nitrogens with zero attached hydrogens (tertiary/aromatic N) is 2. The number of aliphatic hydroxyl groups is 1. The van der Waals surface area contributed by atoms with E-state index in [1.165, 1.54) is 11.1 Å². The lowest BCUT2D eigenvalue weighted by Crippen LogP contribution is -2.48. The minimum atomic E-state index is 0.160. The number of likely N-dealkylation sites (tertiary alicyclic amines) is 1. The van der Waals surface area contributed by atoms with Gasteiger partial charge in [-0.05, 0) is 44.7 Å². The van der Waals surface area contributed by atoms with Gasteiger partial charge in [0.1, 0.15) is 0 Å². The Bertz CT molecular complexity index is 525. The maximum atomic E-state index is 12.8. The van der Waals surface area contributed by atoms with Crippen molar-refractivity contribution >= 4 is 5.91 Å². The Labute approximate surface area is 139 Å². The highest BCUT2D eigenvalue weighted by molar-refractivity contribution is 5.79. The SMILES string of the molecule is Cc1ccc(CN(C(=O)CN2CCCCC2CO)C2CC2)cc1. The summed E-state index contributed by atoms with van der Waals surface area (Å²) in [5.41, 5.74) is 2.45. The third-order valence-electron chi connectivity index (χ3n) is 5.08. The highest BCUT2D eigenvalue weighted by Crippen LogP contribution is 2.29. The number of amides is 1. The van der Waals surface area contributed by atoms with E-state index < -0.39 is 0 Å². The van der Waals surface area contributed by atoms with Gasteiger partial charge >= 0.3 is 0 Å². The molecule has 1 atom stereocenters. The van der Waals surface area contributed by atoms with E-state index in [-0.39, 0.29) is 18.6 Å². The van der Waals surface area contributed by atoms with Crippen LogP contribution in [0.25, 0.3) is 0 Å². The van der Waals surface area contributed by atoms with Gasteiger partial charge in [0, 0.05) is 18.6 Å². The molecule has 1 saturated carbocycles. The van der Waals surface area contributed by atoms with E-state index in [0.29, 0.717) is 19.1 Å². The van der Waals surface area contributed by atoms with Gasteiger partial charge in [-0.2, -0.15) is 0 Å². The lowest BCUT2D eigenvalue weighted by atomic mass is 10.0. The van der Waals surface area contributed by atoms with Crippen LogP contribution in [0.2, 0.25) is 0 Å². The van der Waals surface area contributed by atoms with E-state index in [0.717, 1.165) is 38.6 Å². The second-order valence-electron chi connectivity index (χ2n) is 7.04. The van der Waals surface area contributed by atoms with E-state index in [1.807, 2.05) is 4.90 Å². The van der Waals surface area contributed by atoms with Crippen molar-refractivity contribution in [3.05, 3.63) is 35.4 Å². The Morgan fingerprint density at radius 1 is 1.22 bits per heavy atom. The minimum absolute atomic E-state index is 0.160. The van der Waals surface area contributed by atoms with Crippen LogP contribution in [-0.4, -0.2) is 52.6 Å². The largest absolute Gasteiger partial charge is 0.395 e. The average molecular weight is 316 g/mol. The van der Waals surface area contributed by atoms with Gasteiger partial charge in [-0.15, -0.1) is 0 Å². The van der Waals surface area contributed by atoms with E-state index in [4.69, 9.17) is 0 Å². The summed E-state index contributed by atoms with van der Waals surface area (Å²) in [6, 6.07) is 9.04. The third kappa shape index (κ3) is 4.33. The van der Waals surface area contributed by atoms with Crippen LogP contribution in [0.15, 0.2) is 24.3 Å². The van der Waals surface area contributed by atoms with Gasteiger partial charge in [0.25, 0.3) is 0 Å². The predicted molar refractivity (Wildman–Crippen MR) is 91.0 cm³/mol. The molecule has 0 aromatic heterocycles. The molecular weight excluding hydrogens is 288 g/mol. The molecule has 23 heavy (non-hydrogen) atoms. The van der Waals surface area contributed by atoms with Crippen LogP contribution in [0, 0.1) is 6.92 Å². The lowest BCUT2D eigenvalue weighted by Gasteiger charge is -2.35. The molecule has 0 bridgehead atoms.